The van der Waals surface area contributed by atoms with E-state index in [1.165, 1.54) is 10.9 Å². The number of aromatic nitrogens is 3. The molecule has 0 saturated heterocycles. The number of nitrogens with one attached hydrogen (secondary N) is 1. The van der Waals surface area contributed by atoms with Gasteiger partial charge >= 0.3 is 0 Å². The highest BCUT2D eigenvalue weighted by Crippen LogP contribution is 2.26. The normalized spacial score (nSPS) is 11.3. The molecule has 2 aromatic carbocycles. The Morgan fingerprint density at radius 3 is 2.35 bits per heavy atom. The molecule has 0 bridgehead atoms. The number of nitrogens with zero attached hydrogens (tertiary/aromatic N) is 3. The molecule has 0 radical (unpaired) electrons. The highest BCUT2D eigenvalue weighted by Gasteiger charge is 2.11. The molecule has 0 aliphatic heterocycles. The largest absolute Gasteiger partial charge is 0.250 e. The molecule has 8 heteroatoms. The molecule has 0 atom stereocenters. The van der Waals surface area contributed by atoms with Crippen molar-refractivity contribution in [1.29, 1.82) is 0 Å². The lowest BCUT2D eigenvalue weighted by Crippen LogP contribution is -1.96. The Morgan fingerprint density at radius 2 is 1.65 bits per heavy atom. The molecule has 0 aliphatic rings. The summed E-state index contributed by atoms with van der Waals surface area (Å²) in [5, 5.41) is 12.8. The number of rotatable bonds is 3. The number of halogens is 3. The molecule has 1 aromatic heterocycles. The van der Waals surface area contributed by atoms with Crippen LogP contribution in [0.2, 0.25) is 15.1 Å². The summed E-state index contributed by atoms with van der Waals surface area (Å²) in [6, 6.07) is 12.5. The van der Waals surface area contributed by atoms with E-state index in [2.05, 4.69) is 15.3 Å². The second-order valence-corrected chi connectivity index (χ2v) is 6.13. The minimum Gasteiger partial charge on any atom is -0.250 e. The summed E-state index contributed by atoms with van der Waals surface area (Å²) in [6.07, 6.45) is 1.54. The average Bonchev–Trinajstić information content (AvgIpc) is 2.88. The molecule has 0 saturated carbocycles. The minimum atomic E-state index is 0.333. The summed E-state index contributed by atoms with van der Waals surface area (Å²) in [5.41, 5.74) is 1.31. The number of benzene rings is 2. The molecule has 3 aromatic rings. The van der Waals surface area contributed by atoms with Gasteiger partial charge in [0, 0.05) is 11.1 Å². The zero-order valence-corrected chi connectivity index (χ0v) is 14.6. The van der Waals surface area contributed by atoms with E-state index >= 15 is 0 Å². The van der Waals surface area contributed by atoms with Gasteiger partial charge in [0.2, 0.25) is 4.77 Å². The van der Waals surface area contributed by atoms with Crippen LogP contribution in [0.25, 0.3) is 11.4 Å². The Labute approximate surface area is 152 Å². The zero-order valence-electron chi connectivity index (χ0n) is 11.5. The molecular weight excluding hydrogens is 375 g/mol. The van der Waals surface area contributed by atoms with Gasteiger partial charge in [-0.15, -0.1) is 0 Å². The molecule has 1 N–H and O–H groups in total. The van der Waals surface area contributed by atoms with Crippen LogP contribution in [-0.4, -0.2) is 21.1 Å². The van der Waals surface area contributed by atoms with Crippen molar-refractivity contribution in [2.24, 2.45) is 5.10 Å². The van der Waals surface area contributed by atoms with E-state index in [9.17, 15) is 0 Å². The topological polar surface area (TPSA) is 46.0 Å². The lowest BCUT2D eigenvalue weighted by molar-refractivity contribution is 0.871. The van der Waals surface area contributed by atoms with Gasteiger partial charge in [0.25, 0.3) is 0 Å². The maximum Gasteiger partial charge on any atom is 0.216 e. The third-order valence-electron chi connectivity index (χ3n) is 3.07. The van der Waals surface area contributed by atoms with Crippen molar-refractivity contribution in [3.63, 3.8) is 0 Å². The van der Waals surface area contributed by atoms with E-state index < -0.39 is 0 Å². The van der Waals surface area contributed by atoms with Gasteiger partial charge in [-0.2, -0.15) is 14.9 Å². The fourth-order valence-electron chi connectivity index (χ4n) is 1.97. The molecule has 0 amide bonds. The molecule has 0 unspecified atom stereocenters. The van der Waals surface area contributed by atoms with E-state index in [1.54, 1.807) is 24.3 Å². The van der Waals surface area contributed by atoms with Crippen LogP contribution < -0.4 is 0 Å². The summed E-state index contributed by atoms with van der Waals surface area (Å²) in [5.74, 6) is 0.500. The average molecular weight is 384 g/mol. The summed E-state index contributed by atoms with van der Waals surface area (Å²) < 4.78 is 1.80. The van der Waals surface area contributed by atoms with Gasteiger partial charge in [-0.1, -0.05) is 53.0 Å². The molecule has 23 heavy (non-hydrogen) atoms. The predicted octanol–water partition coefficient (Wildman–Crippen LogP) is 5.45. The molecule has 116 valence electrons. The smallest absolute Gasteiger partial charge is 0.216 e. The minimum absolute atomic E-state index is 0.333. The van der Waals surface area contributed by atoms with Crippen LogP contribution in [0.3, 0.4) is 0 Å². The zero-order chi connectivity index (χ0) is 16.4. The number of aromatic amines is 1. The third kappa shape index (κ3) is 3.33. The number of hydrogen-bond acceptors (Lipinski definition) is 3. The van der Waals surface area contributed by atoms with Crippen LogP contribution in [0, 0.1) is 4.77 Å². The first kappa shape index (κ1) is 16.2. The van der Waals surface area contributed by atoms with E-state index in [1.807, 2.05) is 18.2 Å². The van der Waals surface area contributed by atoms with Gasteiger partial charge < -0.3 is 0 Å². The fourth-order valence-corrected chi connectivity index (χ4v) is 2.86. The van der Waals surface area contributed by atoms with Gasteiger partial charge in [0.15, 0.2) is 5.82 Å². The molecule has 0 aliphatic carbocycles. The van der Waals surface area contributed by atoms with E-state index in [0.717, 1.165) is 0 Å². The molecule has 1 heterocycles. The lowest BCUT2D eigenvalue weighted by Gasteiger charge is -2.04. The molecule has 0 spiro atoms. The van der Waals surface area contributed by atoms with Gasteiger partial charge in [0.05, 0.1) is 21.3 Å². The van der Waals surface area contributed by atoms with Crippen LogP contribution >= 0.6 is 47.0 Å². The fraction of sp³-hybridized carbons (Fsp3) is 0. The highest BCUT2D eigenvalue weighted by atomic mass is 35.5. The Morgan fingerprint density at radius 1 is 1.00 bits per heavy atom. The third-order valence-corrected chi connectivity index (χ3v) is 4.32. The number of hydrogen-bond donors (Lipinski definition) is 1. The second kappa shape index (κ2) is 6.84. The Hall–Kier alpha value is -1.66. The van der Waals surface area contributed by atoms with Crippen molar-refractivity contribution in [2.45, 2.75) is 0 Å². The maximum atomic E-state index is 6.21. The van der Waals surface area contributed by atoms with Gasteiger partial charge in [-0.05, 0) is 36.5 Å². The number of H-pyrrole nitrogens is 1. The van der Waals surface area contributed by atoms with Gasteiger partial charge in [0.1, 0.15) is 0 Å². The molecule has 4 nitrogen and oxygen atoms in total. The highest BCUT2D eigenvalue weighted by molar-refractivity contribution is 7.71. The van der Waals surface area contributed by atoms with E-state index in [-0.39, 0.29) is 0 Å². The summed E-state index contributed by atoms with van der Waals surface area (Å²) >= 11 is 23.7. The standard InChI is InChI=1S/C15H9Cl3N4S/c16-11-5-2-1-4-9(11)14-20-21-15(23)22(14)19-8-10-12(17)6-3-7-13(10)18/h1-8H,(H,21,23)/b19-8-. The SMILES string of the molecule is S=c1[nH]nc(-c2ccccc2Cl)n1/N=C\c1c(Cl)cccc1Cl. The quantitative estimate of drug-likeness (QED) is 0.483. The first-order valence-electron chi connectivity index (χ1n) is 6.48. The first-order chi connectivity index (χ1) is 11.1. The maximum absolute atomic E-state index is 6.21. The lowest BCUT2D eigenvalue weighted by atomic mass is 10.2. The van der Waals surface area contributed by atoms with E-state index in [4.69, 9.17) is 47.0 Å². The van der Waals surface area contributed by atoms with Crippen LogP contribution in [-0.2, 0) is 0 Å². The van der Waals surface area contributed by atoms with Crippen LogP contribution in [0.4, 0.5) is 0 Å². The molecule has 0 fully saturated rings. The summed E-state index contributed by atoms with van der Waals surface area (Å²) in [6.45, 7) is 0. The summed E-state index contributed by atoms with van der Waals surface area (Å²) in [4.78, 5) is 0. The van der Waals surface area contributed by atoms with Crippen molar-refractivity contribution < 1.29 is 0 Å². The van der Waals surface area contributed by atoms with Crippen LogP contribution in [0.15, 0.2) is 47.6 Å². The summed E-state index contributed by atoms with van der Waals surface area (Å²) in [7, 11) is 0. The van der Waals surface area contributed by atoms with Crippen molar-refractivity contribution in [3.8, 4) is 11.4 Å². The molecule has 3 rings (SSSR count). The molecular formula is C15H9Cl3N4S. The Bertz CT molecular complexity index is 926. The van der Waals surface area contributed by atoms with Crippen LogP contribution in [0.1, 0.15) is 5.56 Å². The Balaban J connectivity index is 2.09. The van der Waals surface area contributed by atoms with Crippen LogP contribution in [0.5, 0.6) is 0 Å². The van der Waals surface area contributed by atoms with Gasteiger partial charge in [-0.25, -0.2) is 5.10 Å². The second-order valence-electron chi connectivity index (χ2n) is 4.52. The van der Waals surface area contributed by atoms with Gasteiger partial charge in [-0.3, -0.25) is 0 Å². The monoisotopic (exact) mass is 382 g/mol. The van der Waals surface area contributed by atoms with Crippen molar-refractivity contribution in [3.05, 3.63) is 67.9 Å². The van der Waals surface area contributed by atoms with Crippen molar-refractivity contribution >= 4 is 53.2 Å². The predicted molar refractivity (Wildman–Crippen MR) is 97.3 cm³/mol. The van der Waals surface area contributed by atoms with Crippen molar-refractivity contribution in [2.75, 3.05) is 0 Å². The van der Waals surface area contributed by atoms with Crippen molar-refractivity contribution in [1.82, 2.24) is 14.9 Å². The Kier molecular flexibility index (Phi) is 4.82. The first-order valence-corrected chi connectivity index (χ1v) is 8.03. The van der Waals surface area contributed by atoms with E-state index in [0.29, 0.717) is 36.8 Å².